The molecule has 0 saturated carbocycles. The average molecular weight is 229 g/mol. The van der Waals surface area contributed by atoms with Gasteiger partial charge in [0.2, 0.25) is 11.9 Å². The highest BCUT2D eigenvalue weighted by Crippen LogP contribution is 2.21. The molecule has 0 bridgehead atoms. The third kappa shape index (κ3) is 1.94. The molecule has 1 aliphatic heterocycles. The van der Waals surface area contributed by atoms with Crippen LogP contribution in [-0.2, 0) is 4.79 Å². The molecule has 0 aromatic carbocycles. The molecule has 0 radical (unpaired) electrons. The number of nitrogens with zero attached hydrogens (tertiary/aromatic N) is 2. The van der Waals surface area contributed by atoms with Crippen LogP contribution in [-0.4, -0.2) is 27.8 Å². The van der Waals surface area contributed by atoms with E-state index in [0.717, 1.165) is 0 Å². The standard InChI is InChI=1S/C8H9ClN4O2/c9-4-1-7(15)13(3-4)5-2-6(14)12-8(10)11-5/h2,4H,1,3H2,(H3,10,11,12,14). The number of halogens is 1. The van der Waals surface area contributed by atoms with Crippen molar-refractivity contribution in [1.82, 2.24) is 9.97 Å². The van der Waals surface area contributed by atoms with Gasteiger partial charge in [0.15, 0.2) is 0 Å². The topological polar surface area (TPSA) is 92.1 Å². The van der Waals surface area contributed by atoms with Crippen molar-refractivity contribution in [3.05, 3.63) is 16.4 Å². The summed E-state index contributed by atoms with van der Waals surface area (Å²) in [5, 5.41) is -0.236. The van der Waals surface area contributed by atoms with Gasteiger partial charge in [-0.3, -0.25) is 19.5 Å². The third-order valence-corrected chi connectivity index (χ3v) is 2.39. The quantitative estimate of drug-likeness (QED) is 0.646. The van der Waals surface area contributed by atoms with Gasteiger partial charge in [-0.1, -0.05) is 0 Å². The average Bonchev–Trinajstić information content (AvgIpc) is 2.43. The number of amides is 1. The molecular formula is C8H9ClN4O2. The van der Waals surface area contributed by atoms with E-state index in [1.165, 1.54) is 11.0 Å². The number of nitrogen functional groups attached to an aromatic ring is 1. The van der Waals surface area contributed by atoms with Crippen LogP contribution in [0.25, 0.3) is 0 Å². The van der Waals surface area contributed by atoms with E-state index >= 15 is 0 Å². The van der Waals surface area contributed by atoms with Gasteiger partial charge in [-0.25, -0.2) is 0 Å². The van der Waals surface area contributed by atoms with Crippen molar-refractivity contribution in [3.63, 3.8) is 0 Å². The first-order valence-electron chi connectivity index (χ1n) is 4.37. The van der Waals surface area contributed by atoms with Crippen LogP contribution in [0.4, 0.5) is 11.8 Å². The zero-order chi connectivity index (χ0) is 11.0. The molecular weight excluding hydrogens is 220 g/mol. The highest BCUT2D eigenvalue weighted by atomic mass is 35.5. The first-order valence-corrected chi connectivity index (χ1v) is 4.81. The lowest BCUT2D eigenvalue weighted by Crippen LogP contribution is -2.27. The Kier molecular flexibility index (Phi) is 2.36. The first-order chi connectivity index (χ1) is 7.06. The Labute approximate surface area is 90.1 Å². The van der Waals surface area contributed by atoms with Crippen molar-refractivity contribution in [2.24, 2.45) is 0 Å². The second-order valence-corrected chi connectivity index (χ2v) is 3.91. The molecule has 2 rings (SSSR count). The van der Waals surface area contributed by atoms with Gasteiger partial charge in [0.25, 0.3) is 5.56 Å². The Bertz CT molecular complexity index is 458. The molecule has 80 valence electrons. The summed E-state index contributed by atoms with van der Waals surface area (Å²) >= 11 is 5.82. The summed E-state index contributed by atoms with van der Waals surface area (Å²) < 4.78 is 0. The van der Waals surface area contributed by atoms with Crippen molar-refractivity contribution in [2.75, 3.05) is 17.2 Å². The highest BCUT2D eigenvalue weighted by Gasteiger charge is 2.30. The van der Waals surface area contributed by atoms with Crippen LogP contribution in [0, 0.1) is 0 Å². The summed E-state index contributed by atoms with van der Waals surface area (Å²) in [5.41, 5.74) is 4.98. The van der Waals surface area contributed by atoms with Crippen LogP contribution in [0.1, 0.15) is 6.42 Å². The maximum Gasteiger partial charge on any atom is 0.254 e. The molecule has 0 spiro atoms. The number of alkyl halides is 1. The maximum atomic E-state index is 11.5. The van der Waals surface area contributed by atoms with E-state index in [1.807, 2.05) is 0 Å². The van der Waals surface area contributed by atoms with Crippen molar-refractivity contribution in [1.29, 1.82) is 0 Å². The summed E-state index contributed by atoms with van der Waals surface area (Å²) in [5.74, 6) is 0.0974. The van der Waals surface area contributed by atoms with E-state index in [1.54, 1.807) is 0 Å². The summed E-state index contributed by atoms with van der Waals surface area (Å²) in [6, 6.07) is 1.23. The fraction of sp³-hybridized carbons (Fsp3) is 0.375. The van der Waals surface area contributed by atoms with E-state index in [2.05, 4.69) is 9.97 Å². The molecule has 7 heteroatoms. The molecule has 2 heterocycles. The number of aromatic amines is 1. The lowest BCUT2D eigenvalue weighted by Gasteiger charge is -2.13. The molecule has 1 fully saturated rings. The van der Waals surface area contributed by atoms with Crippen LogP contribution in [0.15, 0.2) is 10.9 Å². The molecule has 1 atom stereocenters. The second kappa shape index (κ2) is 3.54. The van der Waals surface area contributed by atoms with Crippen molar-refractivity contribution >= 4 is 29.3 Å². The minimum Gasteiger partial charge on any atom is -0.369 e. The fourth-order valence-corrected chi connectivity index (χ4v) is 1.76. The zero-order valence-corrected chi connectivity index (χ0v) is 8.49. The van der Waals surface area contributed by atoms with Crippen molar-refractivity contribution < 1.29 is 4.79 Å². The first kappa shape index (κ1) is 9.97. The number of hydrogen-bond donors (Lipinski definition) is 2. The van der Waals surface area contributed by atoms with Gasteiger partial charge in [-0.15, -0.1) is 11.6 Å². The monoisotopic (exact) mass is 228 g/mol. The molecule has 15 heavy (non-hydrogen) atoms. The Hall–Kier alpha value is -1.56. The summed E-state index contributed by atoms with van der Waals surface area (Å²) in [7, 11) is 0. The minimum absolute atomic E-state index is 0.0108. The smallest absolute Gasteiger partial charge is 0.254 e. The molecule has 1 unspecified atom stereocenters. The van der Waals surface area contributed by atoms with Crippen LogP contribution >= 0.6 is 11.6 Å². The van der Waals surface area contributed by atoms with Gasteiger partial charge in [0.1, 0.15) is 5.82 Å². The molecule has 1 aromatic heterocycles. The number of hydrogen-bond acceptors (Lipinski definition) is 4. The Morgan fingerprint density at radius 1 is 1.60 bits per heavy atom. The van der Waals surface area contributed by atoms with E-state index in [4.69, 9.17) is 17.3 Å². The number of H-pyrrole nitrogens is 1. The van der Waals surface area contributed by atoms with Gasteiger partial charge in [0.05, 0.1) is 5.38 Å². The second-order valence-electron chi connectivity index (χ2n) is 3.29. The van der Waals surface area contributed by atoms with Crippen molar-refractivity contribution in [3.8, 4) is 0 Å². The van der Waals surface area contributed by atoms with Crippen LogP contribution < -0.4 is 16.2 Å². The lowest BCUT2D eigenvalue weighted by molar-refractivity contribution is -0.117. The molecule has 1 aliphatic rings. The predicted octanol–water partition coefficient (Wildman–Crippen LogP) is -0.304. The fourth-order valence-electron chi connectivity index (χ4n) is 1.49. The molecule has 1 aromatic rings. The summed E-state index contributed by atoms with van der Waals surface area (Å²) in [4.78, 5) is 30.1. The van der Waals surface area contributed by atoms with Crippen LogP contribution in [0.3, 0.4) is 0 Å². The predicted molar refractivity (Wildman–Crippen MR) is 55.9 cm³/mol. The van der Waals surface area contributed by atoms with E-state index < -0.39 is 0 Å². The molecule has 1 amide bonds. The Morgan fingerprint density at radius 2 is 2.33 bits per heavy atom. The maximum absolute atomic E-state index is 11.5. The molecule has 0 aliphatic carbocycles. The number of carbonyl (C=O) groups excluding carboxylic acids is 1. The number of rotatable bonds is 1. The van der Waals surface area contributed by atoms with Crippen molar-refractivity contribution in [2.45, 2.75) is 11.8 Å². The minimum atomic E-state index is -0.386. The van der Waals surface area contributed by atoms with Gasteiger partial charge >= 0.3 is 0 Å². The Morgan fingerprint density at radius 3 is 2.87 bits per heavy atom. The number of carbonyl (C=O) groups is 1. The highest BCUT2D eigenvalue weighted by molar-refractivity contribution is 6.24. The summed E-state index contributed by atoms with van der Waals surface area (Å²) in [6.07, 6.45) is 0.260. The molecule has 3 N–H and O–H groups in total. The summed E-state index contributed by atoms with van der Waals surface area (Å²) in [6.45, 7) is 0.357. The van der Waals surface area contributed by atoms with Gasteiger partial charge in [-0.05, 0) is 0 Å². The normalized spacial score (nSPS) is 21.0. The lowest BCUT2D eigenvalue weighted by atomic mass is 10.4. The number of nitrogens with two attached hydrogens (primary N) is 1. The van der Waals surface area contributed by atoms with Gasteiger partial charge in [0, 0.05) is 19.0 Å². The van der Waals surface area contributed by atoms with Crippen LogP contribution in [0.5, 0.6) is 0 Å². The van der Waals surface area contributed by atoms with Gasteiger partial charge < -0.3 is 5.73 Å². The molecule has 6 nitrogen and oxygen atoms in total. The number of aromatic nitrogens is 2. The van der Waals surface area contributed by atoms with E-state index in [0.29, 0.717) is 6.54 Å². The number of anilines is 2. The van der Waals surface area contributed by atoms with E-state index in [9.17, 15) is 9.59 Å². The SMILES string of the molecule is Nc1nc(N2CC(Cl)CC2=O)cc(=O)[nH]1. The van der Waals surface area contributed by atoms with Gasteiger partial charge in [-0.2, -0.15) is 4.98 Å². The molecule has 1 saturated heterocycles. The third-order valence-electron chi connectivity index (χ3n) is 2.10. The largest absolute Gasteiger partial charge is 0.369 e. The van der Waals surface area contributed by atoms with E-state index in [-0.39, 0.29) is 35.0 Å². The zero-order valence-electron chi connectivity index (χ0n) is 7.74. The van der Waals surface area contributed by atoms with Crippen LogP contribution in [0.2, 0.25) is 0 Å². The Balaban J connectivity index is 2.37. The number of nitrogens with one attached hydrogen (secondary N) is 1.